The molecule has 3 heteroatoms. The zero-order chi connectivity index (χ0) is 13.2. The standard InChI is InChI=1S/C15H18BrNS/c1-15(2,11-6-4-3-5-7-11)13(17)10-12-8-9-14(16)18-12/h3-9,13H,10,17H2,1-2H3. The van der Waals surface area contributed by atoms with E-state index < -0.39 is 0 Å². The van der Waals surface area contributed by atoms with Crippen molar-refractivity contribution in [1.29, 1.82) is 0 Å². The van der Waals surface area contributed by atoms with Gasteiger partial charge in [-0.3, -0.25) is 0 Å². The van der Waals surface area contributed by atoms with Crippen molar-refractivity contribution in [3.63, 3.8) is 0 Å². The van der Waals surface area contributed by atoms with E-state index in [-0.39, 0.29) is 11.5 Å². The summed E-state index contributed by atoms with van der Waals surface area (Å²) in [5, 5.41) is 0. The van der Waals surface area contributed by atoms with E-state index in [1.807, 2.05) is 6.07 Å². The van der Waals surface area contributed by atoms with Crippen LogP contribution in [0.15, 0.2) is 46.3 Å². The van der Waals surface area contributed by atoms with Gasteiger partial charge in [-0.05, 0) is 40.0 Å². The van der Waals surface area contributed by atoms with Crippen LogP contribution >= 0.6 is 27.3 Å². The molecule has 2 N–H and O–H groups in total. The van der Waals surface area contributed by atoms with Gasteiger partial charge in [0.15, 0.2) is 0 Å². The van der Waals surface area contributed by atoms with Crippen LogP contribution < -0.4 is 5.73 Å². The van der Waals surface area contributed by atoms with Crippen molar-refractivity contribution in [3.05, 3.63) is 56.7 Å². The molecule has 0 bridgehead atoms. The van der Waals surface area contributed by atoms with Gasteiger partial charge in [-0.15, -0.1) is 11.3 Å². The quantitative estimate of drug-likeness (QED) is 0.888. The Labute approximate surface area is 121 Å². The summed E-state index contributed by atoms with van der Waals surface area (Å²) in [5.41, 5.74) is 7.70. The second-order valence-corrected chi connectivity index (χ2v) is 7.65. The normalized spacial score (nSPS) is 13.6. The molecular formula is C15H18BrNS. The number of hydrogen-bond donors (Lipinski definition) is 1. The Morgan fingerprint density at radius 2 is 1.83 bits per heavy atom. The number of hydrogen-bond acceptors (Lipinski definition) is 2. The second-order valence-electron chi connectivity index (χ2n) is 5.10. The highest BCUT2D eigenvalue weighted by Crippen LogP contribution is 2.30. The maximum atomic E-state index is 6.42. The minimum Gasteiger partial charge on any atom is -0.327 e. The molecule has 0 saturated heterocycles. The van der Waals surface area contributed by atoms with E-state index in [4.69, 9.17) is 5.73 Å². The van der Waals surface area contributed by atoms with Crippen molar-refractivity contribution < 1.29 is 0 Å². The lowest BCUT2D eigenvalue weighted by molar-refractivity contribution is 0.408. The van der Waals surface area contributed by atoms with E-state index in [1.54, 1.807) is 11.3 Å². The molecule has 0 aliphatic rings. The van der Waals surface area contributed by atoms with Crippen LogP contribution in [0.5, 0.6) is 0 Å². The smallest absolute Gasteiger partial charge is 0.0701 e. The molecule has 0 aliphatic carbocycles. The van der Waals surface area contributed by atoms with Crippen LogP contribution in [0.4, 0.5) is 0 Å². The maximum Gasteiger partial charge on any atom is 0.0701 e. The zero-order valence-electron chi connectivity index (χ0n) is 10.7. The molecule has 1 atom stereocenters. The van der Waals surface area contributed by atoms with Gasteiger partial charge in [-0.25, -0.2) is 0 Å². The zero-order valence-corrected chi connectivity index (χ0v) is 13.1. The van der Waals surface area contributed by atoms with Crippen LogP contribution in [0.25, 0.3) is 0 Å². The molecule has 2 rings (SSSR count). The Hall–Kier alpha value is -0.640. The first-order chi connectivity index (χ1) is 8.50. The molecule has 0 spiro atoms. The van der Waals surface area contributed by atoms with Gasteiger partial charge in [-0.1, -0.05) is 44.2 Å². The number of halogens is 1. The average molecular weight is 324 g/mol. The van der Waals surface area contributed by atoms with Gasteiger partial charge in [-0.2, -0.15) is 0 Å². The molecule has 18 heavy (non-hydrogen) atoms. The third-order valence-electron chi connectivity index (χ3n) is 3.49. The summed E-state index contributed by atoms with van der Waals surface area (Å²) in [6.45, 7) is 4.44. The lowest BCUT2D eigenvalue weighted by Crippen LogP contribution is -2.42. The largest absolute Gasteiger partial charge is 0.327 e. The fraction of sp³-hybridized carbons (Fsp3) is 0.333. The Balaban J connectivity index is 2.15. The number of rotatable bonds is 4. The van der Waals surface area contributed by atoms with Crippen molar-refractivity contribution in [2.75, 3.05) is 0 Å². The van der Waals surface area contributed by atoms with Crippen LogP contribution in [-0.2, 0) is 11.8 Å². The van der Waals surface area contributed by atoms with Gasteiger partial charge >= 0.3 is 0 Å². The first-order valence-corrected chi connectivity index (χ1v) is 7.66. The second kappa shape index (κ2) is 5.55. The summed E-state index contributed by atoms with van der Waals surface area (Å²) in [4.78, 5) is 1.33. The van der Waals surface area contributed by atoms with E-state index in [0.29, 0.717) is 0 Å². The molecule has 1 heterocycles. The summed E-state index contributed by atoms with van der Waals surface area (Å²) in [6, 6.07) is 14.9. The molecule has 0 saturated carbocycles. The van der Waals surface area contributed by atoms with E-state index in [2.05, 4.69) is 66.2 Å². The maximum absolute atomic E-state index is 6.42. The molecule has 96 valence electrons. The monoisotopic (exact) mass is 323 g/mol. The lowest BCUT2D eigenvalue weighted by Gasteiger charge is -2.32. The molecule has 2 aromatic rings. The molecule has 1 unspecified atom stereocenters. The summed E-state index contributed by atoms with van der Waals surface area (Å²) in [6.07, 6.45) is 0.915. The van der Waals surface area contributed by atoms with Crippen molar-refractivity contribution in [1.82, 2.24) is 0 Å². The highest BCUT2D eigenvalue weighted by atomic mass is 79.9. The number of thiophene rings is 1. The topological polar surface area (TPSA) is 26.0 Å². The van der Waals surface area contributed by atoms with Gasteiger partial charge < -0.3 is 5.73 Å². The molecular weight excluding hydrogens is 306 g/mol. The van der Waals surface area contributed by atoms with Crippen LogP contribution in [0.2, 0.25) is 0 Å². The van der Waals surface area contributed by atoms with Crippen LogP contribution in [0, 0.1) is 0 Å². The first-order valence-electron chi connectivity index (χ1n) is 6.05. The molecule has 0 radical (unpaired) electrons. The third-order valence-corrected chi connectivity index (χ3v) is 5.14. The Bertz CT molecular complexity index is 504. The molecule has 1 nitrogen and oxygen atoms in total. The molecule has 1 aromatic carbocycles. The highest BCUT2D eigenvalue weighted by Gasteiger charge is 2.28. The Morgan fingerprint density at radius 3 is 2.39 bits per heavy atom. The summed E-state index contributed by atoms with van der Waals surface area (Å²) in [7, 11) is 0. The third kappa shape index (κ3) is 3.02. The summed E-state index contributed by atoms with van der Waals surface area (Å²) < 4.78 is 1.17. The Kier molecular flexibility index (Phi) is 4.25. The van der Waals surface area contributed by atoms with Crippen molar-refractivity contribution >= 4 is 27.3 Å². The van der Waals surface area contributed by atoms with E-state index in [0.717, 1.165) is 6.42 Å². The lowest BCUT2D eigenvalue weighted by atomic mass is 9.77. The highest BCUT2D eigenvalue weighted by molar-refractivity contribution is 9.11. The van der Waals surface area contributed by atoms with Gasteiger partial charge in [0.05, 0.1) is 3.79 Å². The number of nitrogens with two attached hydrogens (primary N) is 1. The fourth-order valence-electron chi connectivity index (χ4n) is 2.02. The van der Waals surface area contributed by atoms with E-state index in [9.17, 15) is 0 Å². The molecule has 0 aliphatic heterocycles. The van der Waals surface area contributed by atoms with Gasteiger partial charge in [0.1, 0.15) is 0 Å². The first kappa shape index (κ1) is 13.8. The molecule has 0 amide bonds. The van der Waals surface area contributed by atoms with Crippen molar-refractivity contribution in [2.45, 2.75) is 31.7 Å². The predicted octanol–water partition coefficient (Wildman–Crippen LogP) is 4.36. The van der Waals surface area contributed by atoms with Crippen LogP contribution in [-0.4, -0.2) is 6.04 Å². The summed E-state index contributed by atoms with van der Waals surface area (Å²) >= 11 is 5.26. The fourth-order valence-corrected chi connectivity index (χ4v) is 3.56. The van der Waals surface area contributed by atoms with Crippen molar-refractivity contribution in [3.8, 4) is 0 Å². The molecule has 0 fully saturated rings. The van der Waals surface area contributed by atoms with Gasteiger partial charge in [0.25, 0.3) is 0 Å². The van der Waals surface area contributed by atoms with Crippen LogP contribution in [0.3, 0.4) is 0 Å². The van der Waals surface area contributed by atoms with Gasteiger partial charge in [0.2, 0.25) is 0 Å². The number of benzene rings is 1. The van der Waals surface area contributed by atoms with Crippen LogP contribution in [0.1, 0.15) is 24.3 Å². The minimum absolute atomic E-state index is 0.0161. The average Bonchev–Trinajstić information content (AvgIpc) is 2.76. The summed E-state index contributed by atoms with van der Waals surface area (Å²) in [5.74, 6) is 0. The van der Waals surface area contributed by atoms with Crippen molar-refractivity contribution in [2.24, 2.45) is 5.73 Å². The van der Waals surface area contributed by atoms with E-state index >= 15 is 0 Å². The minimum atomic E-state index is -0.0161. The Morgan fingerprint density at radius 1 is 1.17 bits per heavy atom. The van der Waals surface area contributed by atoms with E-state index in [1.165, 1.54) is 14.2 Å². The van der Waals surface area contributed by atoms with Gasteiger partial charge in [0, 0.05) is 16.3 Å². The SMILES string of the molecule is CC(C)(c1ccccc1)C(N)Cc1ccc(Br)s1. The predicted molar refractivity (Wildman–Crippen MR) is 83.2 cm³/mol. The molecule has 1 aromatic heterocycles.